The molecular formula is C13H22N2OS. The highest BCUT2D eigenvalue weighted by Crippen LogP contribution is 2.27. The van der Waals surface area contributed by atoms with Gasteiger partial charge in [0.1, 0.15) is 11.5 Å². The summed E-state index contributed by atoms with van der Waals surface area (Å²) in [4.78, 5) is 2.46. The van der Waals surface area contributed by atoms with E-state index >= 15 is 0 Å². The van der Waals surface area contributed by atoms with E-state index in [9.17, 15) is 0 Å². The number of thioether (sulfide) groups is 1. The highest BCUT2D eigenvalue weighted by atomic mass is 32.2. The summed E-state index contributed by atoms with van der Waals surface area (Å²) in [6.07, 6.45) is 0.948. The third kappa shape index (κ3) is 3.06. The third-order valence-corrected chi connectivity index (χ3v) is 4.43. The summed E-state index contributed by atoms with van der Waals surface area (Å²) in [5.41, 5.74) is 5.92. The van der Waals surface area contributed by atoms with Gasteiger partial charge in [-0.3, -0.25) is 4.90 Å². The van der Waals surface area contributed by atoms with Gasteiger partial charge in [0.25, 0.3) is 0 Å². The lowest BCUT2D eigenvalue weighted by molar-refractivity contribution is 0.185. The van der Waals surface area contributed by atoms with Crippen molar-refractivity contribution in [3.8, 4) is 0 Å². The van der Waals surface area contributed by atoms with Crippen LogP contribution in [0, 0.1) is 0 Å². The molecule has 1 aliphatic rings. The Morgan fingerprint density at radius 3 is 3.00 bits per heavy atom. The van der Waals surface area contributed by atoms with Gasteiger partial charge < -0.3 is 10.2 Å². The Balaban J connectivity index is 2.09. The number of nitrogens with two attached hydrogens (primary N) is 1. The molecule has 2 heterocycles. The number of aryl methyl sites for hydroxylation is 1. The maximum absolute atomic E-state index is 5.92. The zero-order valence-electron chi connectivity index (χ0n) is 10.7. The lowest BCUT2D eigenvalue weighted by Crippen LogP contribution is -2.41. The van der Waals surface area contributed by atoms with Crippen LogP contribution in [-0.4, -0.2) is 35.5 Å². The molecule has 1 fully saturated rings. The molecule has 0 radical (unpaired) electrons. The molecule has 2 unspecified atom stereocenters. The topological polar surface area (TPSA) is 42.4 Å². The van der Waals surface area contributed by atoms with Crippen molar-refractivity contribution in [2.24, 2.45) is 5.73 Å². The molecule has 1 aliphatic heterocycles. The molecule has 2 atom stereocenters. The summed E-state index contributed by atoms with van der Waals surface area (Å²) in [6.45, 7) is 7.24. The van der Waals surface area contributed by atoms with Crippen molar-refractivity contribution in [1.82, 2.24) is 4.90 Å². The minimum Gasteiger partial charge on any atom is -0.464 e. The third-order valence-electron chi connectivity index (χ3n) is 3.30. The molecule has 1 saturated heterocycles. The van der Waals surface area contributed by atoms with Crippen molar-refractivity contribution in [2.75, 3.05) is 25.4 Å². The first kappa shape index (κ1) is 13.0. The first-order chi connectivity index (χ1) is 8.24. The van der Waals surface area contributed by atoms with Gasteiger partial charge in [-0.05, 0) is 12.1 Å². The minimum atomic E-state index is 0.249. The molecule has 0 aromatic carbocycles. The van der Waals surface area contributed by atoms with E-state index in [1.807, 2.05) is 11.8 Å². The van der Waals surface area contributed by atoms with Crippen molar-refractivity contribution < 1.29 is 4.42 Å². The van der Waals surface area contributed by atoms with Gasteiger partial charge in [0.2, 0.25) is 0 Å². The fourth-order valence-corrected chi connectivity index (χ4v) is 3.38. The van der Waals surface area contributed by atoms with Crippen LogP contribution in [0.5, 0.6) is 0 Å². The molecule has 0 spiro atoms. The van der Waals surface area contributed by atoms with Gasteiger partial charge in [-0.1, -0.05) is 13.8 Å². The second-order valence-corrected chi connectivity index (χ2v) is 6.13. The van der Waals surface area contributed by atoms with Gasteiger partial charge in [0, 0.05) is 37.1 Å². The van der Waals surface area contributed by atoms with E-state index in [-0.39, 0.29) is 6.04 Å². The molecule has 0 bridgehead atoms. The van der Waals surface area contributed by atoms with Gasteiger partial charge >= 0.3 is 0 Å². The van der Waals surface area contributed by atoms with E-state index < -0.39 is 0 Å². The molecule has 1 aromatic rings. The fraction of sp³-hybridized carbons (Fsp3) is 0.692. The molecule has 4 heteroatoms. The molecule has 1 aromatic heterocycles. The first-order valence-electron chi connectivity index (χ1n) is 6.39. The normalized spacial score (nSPS) is 23.8. The average Bonchev–Trinajstić information content (AvgIpc) is 2.79. The Bertz CT molecular complexity index is 353. The molecule has 2 N–H and O–H groups in total. The largest absolute Gasteiger partial charge is 0.464 e. The number of rotatable bonds is 4. The molecule has 0 amide bonds. The molecule has 96 valence electrons. The van der Waals surface area contributed by atoms with Crippen LogP contribution in [0.1, 0.15) is 31.4 Å². The van der Waals surface area contributed by atoms with Crippen LogP contribution in [-0.2, 0) is 6.42 Å². The quantitative estimate of drug-likeness (QED) is 0.895. The molecule has 3 nitrogen and oxygen atoms in total. The van der Waals surface area contributed by atoms with Crippen molar-refractivity contribution in [1.29, 1.82) is 0 Å². The van der Waals surface area contributed by atoms with Gasteiger partial charge in [-0.2, -0.15) is 11.8 Å². The monoisotopic (exact) mass is 254 g/mol. The van der Waals surface area contributed by atoms with Gasteiger partial charge in [-0.15, -0.1) is 0 Å². The summed E-state index contributed by atoms with van der Waals surface area (Å²) < 4.78 is 5.85. The lowest BCUT2D eigenvalue weighted by Gasteiger charge is -2.35. The number of hydrogen-bond acceptors (Lipinski definition) is 4. The maximum atomic E-state index is 5.92. The van der Waals surface area contributed by atoms with Gasteiger partial charge in [0.15, 0.2) is 0 Å². The smallest absolute Gasteiger partial charge is 0.122 e. The van der Waals surface area contributed by atoms with Gasteiger partial charge in [0.05, 0.1) is 6.04 Å². The molecule has 0 aliphatic carbocycles. The lowest BCUT2D eigenvalue weighted by atomic mass is 10.1. The Kier molecular flexibility index (Phi) is 4.54. The highest BCUT2D eigenvalue weighted by Gasteiger charge is 2.26. The number of hydrogen-bond donors (Lipinski definition) is 1. The predicted octanol–water partition coefficient (Wildman–Crippen LogP) is 2.28. The zero-order valence-corrected chi connectivity index (χ0v) is 11.5. The van der Waals surface area contributed by atoms with Crippen molar-refractivity contribution >= 4 is 11.8 Å². The van der Waals surface area contributed by atoms with E-state index in [1.165, 1.54) is 5.75 Å². The summed E-state index contributed by atoms with van der Waals surface area (Å²) in [6, 6.07) is 4.40. The van der Waals surface area contributed by atoms with Crippen LogP contribution in [0.15, 0.2) is 16.5 Å². The second-order valence-electron chi connectivity index (χ2n) is 4.59. The van der Waals surface area contributed by atoms with Crippen LogP contribution in [0.2, 0.25) is 0 Å². The molecule has 0 saturated carbocycles. The Morgan fingerprint density at radius 1 is 1.59 bits per heavy atom. The summed E-state index contributed by atoms with van der Waals surface area (Å²) in [7, 11) is 0. The van der Waals surface area contributed by atoms with Crippen LogP contribution in [0.4, 0.5) is 0 Å². The number of furan rings is 1. The highest BCUT2D eigenvalue weighted by molar-refractivity contribution is 7.99. The number of nitrogens with zero attached hydrogens (tertiary/aromatic N) is 1. The van der Waals surface area contributed by atoms with Gasteiger partial charge in [-0.25, -0.2) is 0 Å². The van der Waals surface area contributed by atoms with E-state index in [1.54, 1.807) is 0 Å². The predicted molar refractivity (Wildman–Crippen MR) is 73.4 cm³/mol. The maximum Gasteiger partial charge on any atom is 0.122 e. The molecule has 2 rings (SSSR count). The fourth-order valence-electron chi connectivity index (χ4n) is 2.34. The summed E-state index contributed by atoms with van der Waals surface area (Å²) in [5, 5.41) is 0.693. The summed E-state index contributed by atoms with van der Waals surface area (Å²) >= 11 is 2.04. The van der Waals surface area contributed by atoms with E-state index in [0.717, 1.165) is 31.0 Å². The average molecular weight is 254 g/mol. The zero-order chi connectivity index (χ0) is 12.3. The van der Waals surface area contributed by atoms with Crippen molar-refractivity contribution in [2.45, 2.75) is 31.6 Å². The first-order valence-corrected chi connectivity index (χ1v) is 7.43. The minimum absolute atomic E-state index is 0.249. The summed E-state index contributed by atoms with van der Waals surface area (Å²) in [5.74, 6) is 3.28. The molecular weight excluding hydrogens is 232 g/mol. The van der Waals surface area contributed by atoms with Crippen LogP contribution in [0.3, 0.4) is 0 Å². The SMILES string of the molecule is CCc1ccc(C(CN)N2CCSC(C)C2)o1. The Morgan fingerprint density at radius 2 is 2.41 bits per heavy atom. The standard InChI is InChI=1S/C13H22N2OS/c1-3-11-4-5-13(16-11)12(8-14)15-6-7-17-10(2)9-15/h4-5,10,12H,3,6-9,14H2,1-2H3. The van der Waals surface area contributed by atoms with Crippen LogP contribution >= 0.6 is 11.8 Å². The van der Waals surface area contributed by atoms with E-state index in [0.29, 0.717) is 11.8 Å². The Hall–Kier alpha value is -0.450. The van der Waals surface area contributed by atoms with Crippen molar-refractivity contribution in [3.63, 3.8) is 0 Å². The van der Waals surface area contributed by atoms with Crippen LogP contribution in [0.25, 0.3) is 0 Å². The van der Waals surface area contributed by atoms with Crippen LogP contribution < -0.4 is 5.73 Å². The Labute approximate surface area is 108 Å². The van der Waals surface area contributed by atoms with E-state index in [2.05, 4.69) is 30.9 Å². The second kappa shape index (κ2) is 5.94. The molecule has 17 heavy (non-hydrogen) atoms. The van der Waals surface area contributed by atoms with Crippen molar-refractivity contribution in [3.05, 3.63) is 23.7 Å². The van der Waals surface area contributed by atoms with E-state index in [4.69, 9.17) is 10.2 Å².